The van der Waals surface area contributed by atoms with Crippen molar-refractivity contribution >= 4 is 45.5 Å². The summed E-state index contributed by atoms with van der Waals surface area (Å²) in [4.78, 5) is 13.9. The monoisotopic (exact) mass is 470 g/mol. The maximum atomic E-state index is 12.7. The number of amides is 1. The molecule has 0 unspecified atom stereocenters. The number of nitrogens with zero attached hydrogens (tertiary/aromatic N) is 3. The van der Waals surface area contributed by atoms with E-state index in [4.69, 9.17) is 0 Å². The Labute approximate surface area is 200 Å². The van der Waals surface area contributed by atoms with Crippen LogP contribution in [-0.2, 0) is 11.8 Å². The van der Waals surface area contributed by atoms with Crippen molar-refractivity contribution in [3.05, 3.63) is 83.1 Å². The van der Waals surface area contributed by atoms with Crippen molar-refractivity contribution in [3.63, 3.8) is 0 Å². The first kappa shape index (κ1) is 21.4. The van der Waals surface area contributed by atoms with Crippen LogP contribution in [0.25, 0.3) is 33.3 Å². The first-order valence-corrected chi connectivity index (χ1v) is 12.4. The molecule has 5 nitrogen and oxygen atoms in total. The summed E-state index contributed by atoms with van der Waals surface area (Å²) in [7, 11) is 1.95. The van der Waals surface area contributed by atoms with E-state index in [1.165, 1.54) is 22.2 Å². The van der Waals surface area contributed by atoms with Gasteiger partial charge in [-0.25, -0.2) is 0 Å². The summed E-state index contributed by atoms with van der Waals surface area (Å²) in [6, 6.07) is 24.3. The Kier molecular flexibility index (Phi) is 5.98. The molecule has 1 N–H and O–H groups in total. The van der Waals surface area contributed by atoms with Crippen molar-refractivity contribution in [1.82, 2.24) is 14.8 Å². The number of aromatic nitrogens is 3. The normalized spacial score (nSPS) is 11.1. The molecule has 2 heterocycles. The van der Waals surface area contributed by atoms with Crippen LogP contribution in [0.1, 0.15) is 4.88 Å². The number of nitrogens with one attached hydrogen (secondary N) is 1. The molecule has 0 saturated heterocycles. The van der Waals surface area contributed by atoms with Crippen LogP contribution >= 0.6 is 23.1 Å². The maximum Gasteiger partial charge on any atom is 0.234 e. The summed E-state index contributed by atoms with van der Waals surface area (Å²) >= 11 is 3.09. The molecule has 0 saturated carbocycles. The van der Waals surface area contributed by atoms with Gasteiger partial charge in [0.05, 0.1) is 5.75 Å². The minimum atomic E-state index is -0.0720. The van der Waals surface area contributed by atoms with Gasteiger partial charge in [-0.05, 0) is 23.9 Å². The van der Waals surface area contributed by atoms with Crippen LogP contribution in [0, 0.1) is 6.92 Å². The number of thiophene rings is 1. The zero-order valence-electron chi connectivity index (χ0n) is 18.3. The third-order valence-corrected chi connectivity index (χ3v) is 7.44. The highest BCUT2D eigenvalue weighted by molar-refractivity contribution is 7.99. The molecule has 5 rings (SSSR count). The molecule has 5 aromatic rings. The lowest BCUT2D eigenvalue weighted by molar-refractivity contribution is -0.113. The molecule has 1 amide bonds. The lowest BCUT2D eigenvalue weighted by Crippen LogP contribution is -2.14. The average Bonchev–Trinajstić information content (AvgIpc) is 3.40. The third kappa shape index (κ3) is 4.29. The smallest absolute Gasteiger partial charge is 0.234 e. The van der Waals surface area contributed by atoms with Gasteiger partial charge in [-0.2, -0.15) is 0 Å². The maximum absolute atomic E-state index is 12.7. The number of carbonyl (C=O) groups is 1. The van der Waals surface area contributed by atoms with Crippen LogP contribution in [0.4, 0.5) is 5.69 Å². The van der Waals surface area contributed by atoms with Gasteiger partial charge in [-0.1, -0.05) is 78.5 Å². The van der Waals surface area contributed by atoms with Gasteiger partial charge in [0.15, 0.2) is 11.0 Å². The lowest BCUT2D eigenvalue weighted by Gasteiger charge is -2.09. The number of aryl methyl sites for hydroxylation is 1. The van der Waals surface area contributed by atoms with Crippen molar-refractivity contribution in [2.45, 2.75) is 12.1 Å². The largest absolute Gasteiger partial charge is 0.325 e. The summed E-state index contributed by atoms with van der Waals surface area (Å²) in [5.41, 5.74) is 4.23. The van der Waals surface area contributed by atoms with E-state index in [0.29, 0.717) is 5.16 Å². The van der Waals surface area contributed by atoms with Crippen LogP contribution in [0.2, 0.25) is 0 Å². The van der Waals surface area contributed by atoms with Gasteiger partial charge in [0.2, 0.25) is 5.91 Å². The summed E-state index contributed by atoms with van der Waals surface area (Å²) < 4.78 is 1.96. The molecule has 2 aromatic heterocycles. The number of benzene rings is 3. The van der Waals surface area contributed by atoms with Crippen LogP contribution in [0.3, 0.4) is 0 Å². The fraction of sp³-hybridized carbons (Fsp3) is 0.115. The van der Waals surface area contributed by atoms with Gasteiger partial charge in [0.1, 0.15) is 0 Å². The van der Waals surface area contributed by atoms with Crippen LogP contribution in [-0.4, -0.2) is 26.4 Å². The third-order valence-electron chi connectivity index (χ3n) is 5.51. The van der Waals surface area contributed by atoms with Crippen molar-refractivity contribution < 1.29 is 4.79 Å². The predicted octanol–water partition coefficient (Wildman–Crippen LogP) is 6.40. The van der Waals surface area contributed by atoms with Crippen LogP contribution < -0.4 is 5.32 Å². The van der Waals surface area contributed by atoms with E-state index in [1.54, 1.807) is 11.3 Å². The van der Waals surface area contributed by atoms with E-state index in [-0.39, 0.29) is 11.7 Å². The van der Waals surface area contributed by atoms with Crippen molar-refractivity contribution in [3.8, 4) is 22.5 Å². The second kappa shape index (κ2) is 9.21. The Bertz CT molecular complexity index is 1430. The van der Waals surface area contributed by atoms with E-state index >= 15 is 0 Å². The molecule has 0 aliphatic carbocycles. The standard InChI is InChI=1S/C26H22N4OS2/c1-17-24(19-10-4-3-5-11-19)21(15-32-17)25-28-29-26(30(25)2)33-16-23(31)27-22-14-8-12-18-9-6-7-13-20(18)22/h3-15H,16H2,1-2H3,(H,27,31). The highest BCUT2D eigenvalue weighted by Crippen LogP contribution is 2.38. The topological polar surface area (TPSA) is 59.8 Å². The minimum absolute atomic E-state index is 0.0720. The minimum Gasteiger partial charge on any atom is -0.325 e. The van der Waals surface area contributed by atoms with E-state index in [1.807, 2.05) is 72.3 Å². The Morgan fingerprint density at radius 2 is 1.76 bits per heavy atom. The number of anilines is 1. The molecule has 0 fully saturated rings. The Morgan fingerprint density at radius 3 is 2.61 bits per heavy atom. The summed E-state index contributed by atoms with van der Waals surface area (Å²) in [5, 5.41) is 16.8. The highest BCUT2D eigenvalue weighted by Gasteiger charge is 2.19. The van der Waals surface area contributed by atoms with Gasteiger partial charge in [-0.15, -0.1) is 21.5 Å². The first-order chi connectivity index (χ1) is 16.1. The summed E-state index contributed by atoms with van der Waals surface area (Å²) in [6.45, 7) is 2.13. The summed E-state index contributed by atoms with van der Waals surface area (Å²) in [5.74, 6) is 0.982. The number of rotatable bonds is 6. The number of hydrogen-bond acceptors (Lipinski definition) is 5. The average molecular weight is 471 g/mol. The molecule has 0 radical (unpaired) electrons. The molecular formula is C26H22N4OS2. The highest BCUT2D eigenvalue weighted by atomic mass is 32.2. The van der Waals surface area contributed by atoms with Gasteiger partial charge < -0.3 is 9.88 Å². The zero-order chi connectivity index (χ0) is 22.8. The molecule has 33 heavy (non-hydrogen) atoms. The van der Waals surface area contributed by atoms with Crippen LogP contribution in [0.5, 0.6) is 0 Å². The van der Waals surface area contributed by atoms with E-state index in [0.717, 1.165) is 33.4 Å². The lowest BCUT2D eigenvalue weighted by atomic mass is 10.0. The molecule has 3 aromatic carbocycles. The summed E-state index contributed by atoms with van der Waals surface area (Å²) in [6.07, 6.45) is 0. The Hall–Kier alpha value is -3.42. The number of carbonyl (C=O) groups excluding carboxylic acids is 1. The van der Waals surface area contributed by atoms with E-state index in [9.17, 15) is 4.79 Å². The fourth-order valence-corrected chi connectivity index (χ4v) is 5.48. The SMILES string of the molecule is Cc1scc(-c2nnc(SCC(=O)Nc3cccc4ccccc34)n2C)c1-c1ccccc1. The van der Waals surface area contributed by atoms with Gasteiger partial charge in [0.25, 0.3) is 0 Å². The predicted molar refractivity (Wildman–Crippen MR) is 138 cm³/mol. The molecule has 0 atom stereocenters. The molecule has 0 bridgehead atoms. The molecule has 0 aliphatic heterocycles. The Morgan fingerprint density at radius 1 is 1.00 bits per heavy atom. The van der Waals surface area contributed by atoms with Crippen molar-refractivity contribution in [2.75, 3.05) is 11.1 Å². The van der Waals surface area contributed by atoms with E-state index < -0.39 is 0 Å². The van der Waals surface area contributed by atoms with E-state index in [2.05, 4.69) is 40.0 Å². The van der Waals surface area contributed by atoms with Crippen molar-refractivity contribution in [1.29, 1.82) is 0 Å². The molecule has 0 spiro atoms. The molecule has 0 aliphatic rings. The van der Waals surface area contributed by atoms with Gasteiger partial charge >= 0.3 is 0 Å². The fourth-order valence-electron chi connectivity index (χ4n) is 3.91. The second-order valence-electron chi connectivity index (χ2n) is 7.68. The van der Waals surface area contributed by atoms with Gasteiger partial charge in [-0.3, -0.25) is 4.79 Å². The zero-order valence-corrected chi connectivity index (χ0v) is 19.9. The number of fused-ring (bicyclic) bond motifs is 1. The first-order valence-electron chi connectivity index (χ1n) is 10.6. The van der Waals surface area contributed by atoms with Crippen molar-refractivity contribution in [2.24, 2.45) is 7.05 Å². The van der Waals surface area contributed by atoms with Gasteiger partial charge in [0, 0.05) is 39.5 Å². The second-order valence-corrected chi connectivity index (χ2v) is 9.70. The number of thioether (sulfide) groups is 1. The van der Waals surface area contributed by atoms with Crippen LogP contribution in [0.15, 0.2) is 83.3 Å². The number of hydrogen-bond donors (Lipinski definition) is 1. The quantitative estimate of drug-likeness (QED) is 0.292. The molecule has 164 valence electrons. The molecular weight excluding hydrogens is 448 g/mol. The molecule has 7 heteroatoms. The Balaban J connectivity index is 1.33.